The van der Waals surface area contributed by atoms with Gasteiger partial charge in [0.2, 0.25) is 0 Å². The minimum atomic E-state index is 0.514. The number of nitrogens with zero attached hydrogens (tertiary/aromatic N) is 1. The fourth-order valence-corrected chi connectivity index (χ4v) is 2.05. The SMILES string of the molecule is COCC(CCCN)N1CCCOCC1. The Kier molecular flexibility index (Phi) is 6.92. The monoisotopic (exact) mass is 216 g/mol. The zero-order chi connectivity index (χ0) is 10.9. The van der Waals surface area contributed by atoms with Crippen LogP contribution in [-0.2, 0) is 9.47 Å². The molecule has 90 valence electrons. The predicted molar refractivity (Wildman–Crippen MR) is 61.0 cm³/mol. The maximum absolute atomic E-state index is 5.55. The highest BCUT2D eigenvalue weighted by atomic mass is 16.5. The molecule has 1 unspecified atom stereocenters. The molecule has 1 heterocycles. The van der Waals surface area contributed by atoms with E-state index in [1.54, 1.807) is 7.11 Å². The van der Waals surface area contributed by atoms with E-state index in [9.17, 15) is 0 Å². The molecule has 0 aromatic carbocycles. The van der Waals surface area contributed by atoms with E-state index in [2.05, 4.69) is 4.90 Å². The molecule has 0 bridgehead atoms. The maximum atomic E-state index is 5.55. The molecule has 4 nitrogen and oxygen atoms in total. The van der Waals surface area contributed by atoms with Gasteiger partial charge in [-0.25, -0.2) is 0 Å². The summed E-state index contributed by atoms with van der Waals surface area (Å²) in [6.45, 7) is 5.47. The van der Waals surface area contributed by atoms with Gasteiger partial charge in [-0.05, 0) is 25.8 Å². The van der Waals surface area contributed by atoms with Gasteiger partial charge in [-0.3, -0.25) is 4.90 Å². The molecule has 1 rings (SSSR count). The highest BCUT2D eigenvalue weighted by Crippen LogP contribution is 2.10. The fourth-order valence-electron chi connectivity index (χ4n) is 2.05. The summed E-state index contributed by atoms with van der Waals surface area (Å²) in [5, 5.41) is 0. The Morgan fingerprint density at radius 2 is 2.27 bits per heavy atom. The molecule has 0 aromatic rings. The van der Waals surface area contributed by atoms with Crippen molar-refractivity contribution in [2.45, 2.75) is 25.3 Å². The van der Waals surface area contributed by atoms with Crippen molar-refractivity contribution in [3.63, 3.8) is 0 Å². The van der Waals surface area contributed by atoms with Crippen LogP contribution in [0.4, 0.5) is 0 Å². The molecule has 0 aliphatic carbocycles. The molecule has 1 aliphatic rings. The second-order valence-corrected chi connectivity index (χ2v) is 4.04. The third-order valence-corrected chi connectivity index (χ3v) is 2.87. The molecule has 1 saturated heterocycles. The third-order valence-electron chi connectivity index (χ3n) is 2.87. The highest BCUT2D eigenvalue weighted by molar-refractivity contribution is 4.73. The van der Waals surface area contributed by atoms with Crippen molar-refractivity contribution in [1.29, 1.82) is 0 Å². The molecule has 0 radical (unpaired) electrons. The molecule has 0 spiro atoms. The van der Waals surface area contributed by atoms with Crippen LogP contribution in [0.15, 0.2) is 0 Å². The van der Waals surface area contributed by atoms with Crippen molar-refractivity contribution in [3.05, 3.63) is 0 Å². The van der Waals surface area contributed by atoms with Crippen molar-refractivity contribution in [2.24, 2.45) is 5.73 Å². The lowest BCUT2D eigenvalue weighted by molar-refractivity contribution is 0.0779. The van der Waals surface area contributed by atoms with Gasteiger partial charge in [0, 0.05) is 32.8 Å². The van der Waals surface area contributed by atoms with Crippen LogP contribution in [0.25, 0.3) is 0 Å². The van der Waals surface area contributed by atoms with Crippen LogP contribution in [-0.4, -0.2) is 57.5 Å². The van der Waals surface area contributed by atoms with Crippen LogP contribution < -0.4 is 5.73 Å². The minimum absolute atomic E-state index is 0.514. The van der Waals surface area contributed by atoms with Crippen LogP contribution in [0, 0.1) is 0 Å². The Bertz CT molecular complexity index is 148. The lowest BCUT2D eigenvalue weighted by Gasteiger charge is -2.29. The summed E-state index contributed by atoms with van der Waals surface area (Å²) in [6.07, 6.45) is 3.33. The summed E-state index contributed by atoms with van der Waals surface area (Å²) in [5.74, 6) is 0. The van der Waals surface area contributed by atoms with Gasteiger partial charge in [0.1, 0.15) is 0 Å². The number of ether oxygens (including phenoxy) is 2. The maximum Gasteiger partial charge on any atom is 0.0618 e. The topological polar surface area (TPSA) is 47.7 Å². The lowest BCUT2D eigenvalue weighted by atomic mass is 10.1. The number of hydrogen-bond donors (Lipinski definition) is 1. The summed E-state index contributed by atoms with van der Waals surface area (Å²) in [5.41, 5.74) is 5.55. The van der Waals surface area contributed by atoms with Gasteiger partial charge in [0.25, 0.3) is 0 Å². The first-order valence-electron chi connectivity index (χ1n) is 5.89. The Labute approximate surface area is 92.7 Å². The van der Waals surface area contributed by atoms with Crippen LogP contribution >= 0.6 is 0 Å². The van der Waals surface area contributed by atoms with Gasteiger partial charge >= 0.3 is 0 Å². The summed E-state index contributed by atoms with van der Waals surface area (Å²) < 4.78 is 10.7. The van der Waals surface area contributed by atoms with E-state index >= 15 is 0 Å². The van der Waals surface area contributed by atoms with Crippen LogP contribution in [0.5, 0.6) is 0 Å². The Morgan fingerprint density at radius 3 is 3.00 bits per heavy atom. The van der Waals surface area contributed by atoms with Crippen LogP contribution in [0.2, 0.25) is 0 Å². The van der Waals surface area contributed by atoms with Gasteiger partial charge in [-0.2, -0.15) is 0 Å². The molecule has 15 heavy (non-hydrogen) atoms. The molecule has 0 amide bonds. The summed E-state index contributed by atoms with van der Waals surface area (Å²) in [4.78, 5) is 2.48. The first-order valence-corrected chi connectivity index (χ1v) is 5.89. The molecule has 1 fully saturated rings. The van der Waals surface area contributed by atoms with E-state index in [1.807, 2.05) is 0 Å². The number of rotatable bonds is 6. The molecule has 1 atom stereocenters. The second-order valence-electron chi connectivity index (χ2n) is 4.04. The highest BCUT2D eigenvalue weighted by Gasteiger charge is 2.19. The van der Waals surface area contributed by atoms with Gasteiger partial charge < -0.3 is 15.2 Å². The van der Waals surface area contributed by atoms with E-state index in [-0.39, 0.29) is 0 Å². The zero-order valence-electron chi connectivity index (χ0n) is 9.78. The first-order chi connectivity index (χ1) is 7.38. The zero-order valence-corrected chi connectivity index (χ0v) is 9.78. The fraction of sp³-hybridized carbons (Fsp3) is 1.00. The van der Waals surface area contributed by atoms with Gasteiger partial charge in [0.05, 0.1) is 13.2 Å². The molecule has 0 aromatic heterocycles. The summed E-state index contributed by atoms with van der Waals surface area (Å²) in [7, 11) is 1.77. The van der Waals surface area contributed by atoms with E-state index in [4.69, 9.17) is 15.2 Å². The number of methoxy groups -OCH3 is 1. The summed E-state index contributed by atoms with van der Waals surface area (Å²) >= 11 is 0. The Balaban J connectivity index is 2.36. The van der Waals surface area contributed by atoms with Crippen molar-refractivity contribution in [2.75, 3.05) is 46.6 Å². The largest absolute Gasteiger partial charge is 0.383 e. The third kappa shape index (κ3) is 4.93. The van der Waals surface area contributed by atoms with Gasteiger partial charge in [0.15, 0.2) is 0 Å². The standard InChI is InChI=1S/C11H24N2O2/c1-14-10-11(4-2-5-12)13-6-3-8-15-9-7-13/h11H,2-10,12H2,1H3. The molecule has 1 aliphatic heterocycles. The number of nitrogens with two attached hydrogens (primary N) is 1. The quantitative estimate of drug-likeness (QED) is 0.701. The second kappa shape index (κ2) is 8.05. The average molecular weight is 216 g/mol. The predicted octanol–water partition coefficient (Wildman–Crippen LogP) is 0.463. The first kappa shape index (κ1) is 12.9. The van der Waals surface area contributed by atoms with E-state index < -0.39 is 0 Å². The average Bonchev–Trinajstić information content (AvgIpc) is 2.52. The molecule has 2 N–H and O–H groups in total. The minimum Gasteiger partial charge on any atom is -0.383 e. The van der Waals surface area contributed by atoms with E-state index in [1.165, 1.54) is 0 Å². The van der Waals surface area contributed by atoms with Crippen molar-refractivity contribution >= 4 is 0 Å². The van der Waals surface area contributed by atoms with Crippen molar-refractivity contribution < 1.29 is 9.47 Å². The van der Waals surface area contributed by atoms with Crippen molar-refractivity contribution in [3.8, 4) is 0 Å². The Hall–Kier alpha value is -0.160. The molecular formula is C11H24N2O2. The molecular weight excluding hydrogens is 192 g/mol. The van der Waals surface area contributed by atoms with E-state index in [0.717, 1.165) is 58.7 Å². The summed E-state index contributed by atoms with van der Waals surface area (Å²) in [6, 6.07) is 0.514. The molecule has 0 saturated carbocycles. The van der Waals surface area contributed by atoms with Crippen LogP contribution in [0.3, 0.4) is 0 Å². The van der Waals surface area contributed by atoms with Crippen molar-refractivity contribution in [1.82, 2.24) is 4.90 Å². The van der Waals surface area contributed by atoms with Gasteiger partial charge in [-0.1, -0.05) is 0 Å². The smallest absolute Gasteiger partial charge is 0.0618 e. The lowest BCUT2D eigenvalue weighted by Crippen LogP contribution is -2.40. The van der Waals surface area contributed by atoms with E-state index in [0.29, 0.717) is 6.04 Å². The molecule has 4 heteroatoms. The van der Waals surface area contributed by atoms with Gasteiger partial charge in [-0.15, -0.1) is 0 Å². The Morgan fingerprint density at radius 1 is 1.40 bits per heavy atom. The normalized spacial score (nSPS) is 21.2. The van der Waals surface area contributed by atoms with Crippen LogP contribution in [0.1, 0.15) is 19.3 Å². The number of hydrogen-bond acceptors (Lipinski definition) is 4.